The Morgan fingerprint density at radius 3 is 2.73 bits per heavy atom. The van der Waals surface area contributed by atoms with Crippen molar-refractivity contribution in [2.75, 3.05) is 32.0 Å². The first-order chi connectivity index (χ1) is 7.03. The Hall–Kier alpha value is 0.270. The zero-order valence-electron chi connectivity index (χ0n) is 10.3. The van der Waals surface area contributed by atoms with E-state index in [-0.39, 0.29) is 5.60 Å². The molecular formula is C12H25NOS. The van der Waals surface area contributed by atoms with Gasteiger partial charge in [0, 0.05) is 13.1 Å². The van der Waals surface area contributed by atoms with Crippen molar-refractivity contribution in [3.05, 3.63) is 0 Å². The number of hydrogen-bond acceptors (Lipinski definition) is 3. The summed E-state index contributed by atoms with van der Waals surface area (Å²) in [6.45, 7) is 10.9. The van der Waals surface area contributed by atoms with Crippen LogP contribution in [0.2, 0.25) is 0 Å². The summed E-state index contributed by atoms with van der Waals surface area (Å²) >= 11 is 4.27. The number of ether oxygens (including phenoxy) is 1. The van der Waals surface area contributed by atoms with E-state index in [1.54, 1.807) is 0 Å². The second-order valence-electron chi connectivity index (χ2n) is 5.29. The van der Waals surface area contributed by atoms with Crippen LogP contribution in [0.1, 0.15) is 33.6 Å². The first-order valence-electron chi connectivity index (χ1n) is 6.01. The normalized spacial score (nSPS) is 24.0. The Balaban J connectivity index is 2.21. The number of morpholine rings is 1. The lowest BCUT2D eigenvalue weighted by atomic mass is 10.0. The van der Waals surface area contributed by atoms with Crippen LogP contribution in [0.4, 0.5) is 0 Å². The van der Waals surface area contributed by atoms with E-state index < -0.39 is 0 Å². The third-order valence-electron chi connectivity index (χ3n) is 3.06. The number of thiol groups is 1. The van der Waals surface area contributed by atoms with Gasteiger partial charge in [-0.1, -0.05) is 6.92 Å². The molecular weight excluding hydrogens is 206 g/mol. The highest BCUT2D eigenvalue weighted by Gasteiger charge is 2.26. The minimum atomic E-state index is 0.0467. The second-order valence-corrected chi connectivity index (χ2v) is 5.74. The van der Waals surface area contributed by atoms with Gasteiger partial charge in [-0.05, 0) is 44.9 Å². The summed E-state index contributed by atoms with van der Waals surface area (Å²) in [7, 11) is 0. The fourth-order valence-corrected chi connectivity index (χ4v) is 2.51. The standard InChI is InChI=1S/C12H25NOS/c1-11(5-9-15)4-6-13-7-8-14-12(2,3)10-13/h11,15H,4-10H2,1-3H3. The van der Waals surface area contributed by atoms with Gasteiger partial charge < -0.3 is 4.74 Å². The van der Waals surface area contributed by atoms with Gasteiger partial charge >= 0.3 is 0 Å². The average molecular weight is 231 g/mol. The van der Waals surface area contributed by atoms with Crippen LogP contribution < -0.4 is 0 Å². The van der Waals surface area contributed by atoms with E-state index in [9.17, 15) is 0 Å². The number of hydrogen-bond donors (Lipinski definition) is 1. The molecule has 1 aliphatic rings. The molecule has 0 saturated carbocycles. The van der Waals surface area contributed by atoms with Crippen LogP contribution in [0.3, 0.4) is 0 Å². The maximum atomic E-state index is 5.70. The molecule has 1 atom stereocenters. The van der Waals surface area contributed by atoms with Crippen LogP contribution in [-0.2, 0) is 4.74 Å². The van der Waals surface area contributed by atoms with Gasteiger partial charge in [0.15, 0.2) is 0 Å². The summed E-state index contributed by atoms with van der Waals surface area (Å²) in [4.78, 5) is 2.53. The van der Waals surface area contributed by atoms with E-state index in [1.807, 2.05) is 0 Å². The minimum absolute atomic E-state index is 0.0467. The topological polar surface area (TPSA) is 12.5 Å². The Kier molecular flexibility index (Phi) is 5.44. The van der Waals surface area contributed by atoms with Crippen molar-refractivity contribution in [2.45, 2.75) is 39.2 Å². The summed E-state index contributed by atoms with van der Waals surface area (Å²) in [6.07, 6.45) is 2.52. The summed E-state index contributed by atoms with van der Waals surface area (Å²) in [5, 5.41) is 0. The first kappa shape index (κ1) is 13.3. The third kappa shape index (κ3) is 5.23. The first-order valence-corrected chi connectivity index (χ1v) is 6.64. The molecule has 0 aromatic heterocycles. The lowest BCUT2D eigenvalue weighted by Gasteiger charge is -2.38. The molecule has 0 amide bonds. The SMILES string of the molecule is CC(CCS)CCN1CCOC(C)(C)C1. The Labute approximate surface area is 99.8 Å². The Morgan fingerprint density at radius 1 is 1.40 bits per heavy atom. The summed E-state index contributed by atoms with van der Waals surface area (Å²) in [6, 6.07) is 0. The minimum Gasteiger partial charge on any atom is -0.373 e. The van der Waals surface area contributed by atoms with Gasteiger partial charge in [0.2, 0.25) is 0 Å². The zero-order chi connectivity index (χ0) is 11.3. The predicted octanol–water partition coefficient (Wildman–Crippen LogP) is 2.44. The number of rotatable bonds is 5. The molecule has 90 valence electrons. The highest BCUT2D eigenvalue weighted by molar-refractivity contribution is 7.80. The smallest absolute Gasteiger partial charge is 0.0753 e. The van der Waals surface area contributed by atoms with Crippen LogP contribution in [0.25, 0.3) is 0 Å². The maximum Gasteiger partial charge on any atom is 0.0753 e. The maximum absolute atomic E-state index is 5.70. The van der Waals surface area contributed by atoms with E-state index in [4.69, 9.17) is 4.74 Å². The molecule has 1 aliphatic heterocycles. The molecule has 0 N–H and O–H groups in total. The summed E-state index contributed by atoms with van der Waals surface area (Å²) in [5.41, 5.74) is 0.0467. The molecule has 0 aromatic rings. The highest BCUT2D eigenvalue weighted by atomic mass is 32.1. The van der Waals surface area contributed by atoms with Gasteiger partial charge in [0.25, 0.3) is 0 Å². The van der Waals surface area contributed by atoms with Gasteiger partial charge in [-0.25, -0.2) is 0 Å². The van der Waals surface area contributed by atoms with Crippen molar-refractivity contribution in [1.82, 2.24) is 4.90 Å². The molecule has 1 unspecified atom stereocenters. The van der Waals surface area contributed by atoms with Crippen molar-refractivity contribution < 1.29 is 4.74 Å². The fraction of sp³-hybridized carbons (Fsp3) is 1.00. The lowest BCUT2D eigenvalue weighted by molar-refractivity contribution is -0.0866. The number of nitrogens with zero attached hydrogens (tertiary/aromatic N) is 1. The molecule has 1 fully saturated rings. The second kappa shape index (κ2) is 6.12. The van der Waals surface area contributed by atoms with Gasteiger partial charge in [-0.15, -0.1) is 0 Å². The average Bonchev–Trinajstić information content (AvgIpc) is 2.14. The Morgan fingerprint density at radius 2 is 2.13 bits per heavy atom. The van der Waals surface area contributed by atoms with Crippen molar-refractivity contribution >= 4 is 12.6 Å². The van der Waals surface area contributed by atoms with Gasteiger partial charge in [-0.3, -0.25) is 4.90 Å². The molecule has 0 bridgehead atoms. The molecule has 0 radical (unpaired) electrons. The molecule has 3 heteroatoms. The van der Waals surface area contributed by atoms with E-state index in [2.05, 4.69) is 38.3 Å². The van der Waals surface area contributed by atoms with Gasteiger partial charge in [0.1, 0.15) is 0 Å². The van der Waals surface area contributed by atoms with Crippen LogP contribution >= 0.6 is 12.6 Å². The third-order valence-corrected chi connectivity index (χ3v) is 3.32. The molecule has 0 aliphatic carbocycles. The van der Waals surface area contributed by atoms with E-state index in [0.29, 0.717) is 0 Å². The van der Waals surface area contributed by atoms with E-state index >= 15 is 0 Å². The van der Waals surface area contributed by atoms with E-state index in [1.165, 1.54) is 19.4 Å². The van der Waals surface area contributed by atoms with Crippen molar-refractivity contribution in [1.29, 1.82) is 0 Å². The lowest BCUT2D eigenvalue weighted by Crippen LogP contribution is -2.48. The van der Waals surface area contributed by atoms with Crippen molar-refractivity contribution in [3.63, 3.8) is 0 Å². The predicted molar refractivity (Wildman–Crippen MR) is 68.7 cm³/mol. The summed E-state index contributed by atoms with van der Waals surface area (Å²) < 4.78 is 5.70. The summed E-state index contributed by atoms with van der Waals surface area (Å²) in [5.74, 6) is 1.81. The van der Waals surface area contributed by atoms with E-state index in [0.717, 1.165) is 31.4 Å². The molecule has 0 spiro atoms. The van der Waals surface area contributed by atoms with Gasteiger partial charge in [0.05, 0.1) is 12.2 Å². The monoisotopic (exact) mass is 231 g/mol. The van der Waals surface area contributed by atoms with Crippen LogP contribution in [0, 0.1) is 5.92 Å². The largest absolute Gasteiger partial charge is 0.373 e. The molecule has 1 saturated heterocycles. The molecule has 15 heavy (non-hydrogen) atoms. The molecule has 0 aromatic carbocycles. The quantitative estimate of drug-likeness (QED) is 0.730. The van der Waals surface area contributed by atoms with Crippen LogP contribution in [0.15, 0.2) is 0 Å². The Bertz CT molecular complexity index is 184. The molecule has 2 nitrogen and oxygen atoms in total. The zero-order valence-corrected chi connectivity index (χ0v) is 11.2. The van der Waals surface area contributed by atoms with Gasteiger partial charge in [-0.2, -0.15) is 12.6 Å². The fourth-order valence-electron chi connectivity index (χ4n) is 2.07. The highest BCUT2D eigenvalue weighted by Crippen LogP contribution is 2.18. The van der Waals surface area contributed by atoms with Crippen molar-refractivity contribution in [2.24, 2.45) is 5.92 Å². The van der Waals surface area contributed by atoms with Crippen LogP contribution in [-0.4, -0.2) is 42.5 Å². The van der Waals surface area contributed by atoms with Crippen molar-refractivity contribution in [3.8, 4) is 0 Å². The molecule has 1 heterocycles. The van der Waals surface area contributed by atoms with Crippen LogP contribution in [0.5, 0.6) is 0 Å². The molecule has 1 rings (SSSR count).